The first-order chi connectivity index (χ1) is 16.9. The molecule has 0 amide bonds. The zero-order valence-corrected chi connectivity index (χ0v) is 27.7. The smallest absolute Gasteiger partial charge is 0.316 e. The zero-order valence-electron chi connectivity index (χ0n) is 25.7. The number of carbonyl (C=O) groups excluding carboxylic acids is 1. The summed E-state index contributed by atoms with van der Waals surface area (Å²) in [6.45, 7) is 20.1. The van der Waals surface area contributed by atoms with E-state index in [-0.39, 0.29) is 18.0 Å². The largest absolute Gasteiger partial charge is 0.547 e. The fourth-order valence-electron chi connectivity index (χ4n) is 4.44. The van der Waals surface area contributed by atoms with Crippen LogP contribution in [0.15, 0.2) is 11.8 Å². The lowest BCUT2D eigenvalue weighted by molar-refractivity contribution is -0.147. The monoisotopic (exact) mass is 542 g/mol. The summed E-state index contributed by atoms with van der Waals surface area (Å²) in [6.07, 6.45) is 20.3. The van der Waals surface area contributed by atoms with Gasteiger partial charge in [0.25, 0.3) is 0 Å². The van der Waals surface area contributed by atoms with Crippen molar-refractivity contribution in [1.29, 1.82) is 0 Å². The highest BCUT2D eigenvalue weighted by Gasteiger charge is 2.31. The second-order valence-electron chi connectivity index (χ2n) is 12.3. The predicted molar refractivity (Wildman–Crippen MR) is 161 cm³/mol. The van der Waals surface area contributed by atoms with Crippen LogP contribution in [0.5, 0.6) is 0 Å². The molecular formula is C30H62O4Si2. The van der Waals surface area contributed by atoms with E-state index in [0.717, 1.165) is 37.9 Å². The van der Waals surface area contributed by atoms with Crippen molar-refractivity contribution in [1.82, 2.24) is 0 Å². The molecule has 4 nitrogen and oxygen atoms in total. The molecule has 0 saturated carbocycles. The lowest BCUT2D eigenvalue weighted by atomic mass is 9.97. The highest BCUT2D eigenvalue weighted by molar-refractivity contribution is 6.70. The van der Waals surface area contributed by atoms with Gasteiger partial charge in [0.05, 0.1) is 18.5 Å². The van der Waals surface area contributed by atoms with Gasteiger partial charge in [0.15, 0.2) is 8.32 Å². The van der Waals surface area contributed by atoms with E-state index >= 15 is 0 Å². The number of esters is 1. The minimum atomic E-state index is -1.92. The molecule has 0 bridgehead atoms. The highest BCUT2D eigenvalue weighted by atomic mass is 28.4. The van der Waals surface area contributed by atoms with E-state index in [9.17, 15) is 4.79 Å². The summed E-state index contributed by atoms with van der Waals surface area (Å²) in [5, 5.41) is 0. The highest BCUT2D eigenvalue weighted by Crippen LogP contribution is 2.28. The number of unbranched alkanes of at least 4 members (excludes halogenated alkanes) is 11. The van der Waals surface area contributed by atoms with Crippen molar-refractivity contribution < 1.29 is 18.4 Å². The Kier molecular flexibility index (Phi) is 20.0. The summed E-state index contributed by atoms with van der Waals surface area (Å²) >= 11 is 0. The number of carbonyl (C=O) groups is 1. The van der Waals surface area contributed by atoms with Gasteiger partial charge < -0.3 is 13.6 Å². The van der Waals surface area contributed by atoms with Crippen molar-refractivity contribution >= 4 is 22.6 Å². The Balaban J connectivity index is 5.47. The van der Waals surface area contributed by atoms with Gasteiger partial charge in [-0.1, -0.05) is 97.3 Å². The van der Waals surface area contributed by atoms with Crippen LogP contribution in [0.4, 0.5) is 0 Å². The molecule has 0 rings (SSSR count). The summed E-state index contributed by atoms with van der Waals surface area (Å²) in [6, 6.07) is 0. The Morgan fingerprint density at radius 2 is 1.14 bits per heavy atom. The van der Waals surface area contributed by atoms with Crippen LogP contribution in [-0.4, -0.2) is 35.3 Å². The second-order valence-corrected chi connectivity index (χ2v) is 21.2. The molecule has 0 aromatic carbocycles. The van der Waals surface area contributed by atoms with Crippen LogP contribution in [0.25, 0.3) is 0 Å². The van der Waals surface area contributed by atoms with Crippen LogP contribution in [0.3, 0.4) is 0 Å². The first-order valence-electron chi connectivity index (χ1n) is 15.2. The molecule has 0 aromatic rings. The summed E-state index contributed by atoms with van der Waals surface area (Å²) in [4.78, 5) is 13.1. The normalized spacial score (nSPS) is 14.5. The van der Waals surface area contributed by atoms with Crippen molar-refractivity contribution in [2.75, 3.05) is 6.61 Å². The standard InChI is InChI=1S/C30H62O4Si2/c1-10-13-15-17-18-19-20-21-22-24-27(33-35(4,5)6)26-29(34-36(7,8)9)28(30(31)32-12-3)25-23-16-14-11-2/h26-28H,10-25H2,1-9H3/t27?,28-/m1/s1. The molecule has 0 fully saturated rings. The Morgan fingerprint density at radius 1 is 0.667 bits per heavy atom. The van der Waals surface area contributed by atoms with Crippen molar-refractivity contribution in [3.05, 3.63) is 11.8 Å². The average molecular weight is 543 g/mol. The molecule has 36 heavy (non-hydrogen) atoms. The van der Waals surface area contributed by atoms with E-state index in [1.165, 1.54) is 64.2 Å². The predicted octanol–water partition coefficient (Wildman–Crippen LogP) is 10.0. The van der Waals surface area contributed by atoms with Crippen molar-refractivity contribution in [2.24, 2.45) is 5.92 Å². The van der Waals surface area contributed by atoms with E-state index in [0.29, 0.717) is 6.61 Å². The van der Waals surface area contributed by atoms with Gasteiger partial charge in [-0.05, 0) is 65.1 Å². The van der Waals surface area contributed by atoms with E-state index in [1.54, 1.807) is 0 Å². The molecule has 0 aliphatic heterocycles. The van der Waals surface area contributed by atoms with Gasteiger partial charge in [0.1, 0.15) is 5.92 Å². The third-order valence-corrected chi connectivity index (χ3v) is 7.99. The quantitative estimate of drug-likeness (QED) is 0.0557. The average Bonchev–Trinajstić information content (AvgIpc) is 2.75. The third-order valence-electron chi connectivity index (χ3n) is 6.13. The minimum Gasteiger partial charge on any atom is -0.547 e. The van der Waals surface area contributed by atoms with E-state index < -0.39 is 16.6 Å². The van der Waals surface area contributed by atoms with Crippen LogP contribution < -0.4 is 0 Å². The second kappa shape index (κ2) is 20.4. The number of hydrogen-bond donors (Lipinski definition) is 0. The minimum absolute atomic E-state index is 0.000129. The first-order valence-corrected chi connectivity index (χ1v) is 22.0. The molecule has 0 aliphatic carbocycles. The molecular weight excluding hydrogens is 480 g/mol. The Hall–Kier alpha value is -0.596. The maximum atomic E-state index is 13.1. The van der Waals surface area contributed by atoms with Gasteiger partial charge in [-0.25, -0.2) is 0 Å². The molecule has 0 spiro atoms. The van der Waals surface area contributed by atoms with Gasteiger partial charge in [0.2, 0.25) is 8.32 Å². The topological polar surface area (TPSA) is 44.8 Å². The SMILES string of the molecule is CCCCCCCCCCCC(C=C(O[Si](C)(C)C)[C@@H](CCCCCC)C(=O)OCC)O[Si](C)(C)C. The molecule has 6 heteroatoms. The van der Waals surface area contributed by atoms with E-state index in [2.05, 4.69) is 59.2 Å². The molecule has 2 atom stereocenters. The zero-order chi connectivity index (χ0) is 27.5. The van der Waals surface area contributed by atoms with E-state index in [4.69, 9.17) is 13.6 Å². The molecule has 0 aromatic heterocycles. The van der Waals surface area contributed by atoms with Gasteiger partial charge in [-0.15, -0.1) is 0 Å². The van der Waals surface area contributed by atoms with Crippen LogP contribution in [0, 0.1) is 5.92 Å². The molecule has 1 unspecified atom stereocenters. The summed E-state index contributed by atoms with van der Waals surface area (Å²) in [5.41, 5.74) is 0. The number of rotatable bonds is 23. The van der Waals surface area contributed by atoms with Crippen LogP contribution in [0.2, 0.25) is 39.3 Å². The molecule has 0 aliphatic rings. The first kappa shape index (κ1) is 35.4. The van der Waals surface area contributed by atoms with Gasteiger partial charge >= 0.3 is 5.97 Å². The molecule has 0 N–H and O–H groups in total. The summed E-state index contributed by atoms with van der Waals surface area (Å²) < 4.78 is 18.8. The van der Waals surface area contributed by atoms with Gasteiger partial charge in [-0.2, -0.15) is 0 Å². The summed E-state index contributed by atoms with van der Waals surface area (Å²) in [7, 11) is -3.67. The number of ether oxygens (including phenoxy) is 1. The van der Waals surface area contributed by atoms with Crippen molar-refractivity contribution in [2.45, 2.75) is 162 Å². The maximum Gasteiger partial charge on any atom is 0.316 e. The molecule has 0 heterocycles. The van der Waals surface area contributed by atoms with Crippen LogP contribution >= 0.6 is 0 Å². The molecule has 0 radical (unpaired) electrons. The number of hydrogen-bond acceptors (Lipinski definition) is 4. The van der Waals surface area contributed by atoms with Crippen LogP contribution in [0.1, 0.15) is 117 Å². The third kappa shape index (κ3) is 20.5. The van der Waals surface area contributed by atoms with Crippen molar-refractivity contribution in [3.8, 4) is 0 Å². The molecule has 0 saturated heterocycles. The van der Waals surface area contributed by atoms with E-state index in [1.807, 2.05) is 6.92 Å². The lowest BCUT2D eigenvalue weighted by Gasteiger charge is -2.30. The maximum absolute atomic E-state index is 13.1. The molecule has 214 valence electrons. The van der Waals surface area contributed by atoms with Crippen molar-refractivity contribution in [3.63, 3.8) is 0 Å². The fourth-order valence-corrected chi connectivity index (χ4v) is 6.45. The van der Waals surface area contributed by atoms with Gasteiger partial charge in [-0.3, -0.25) is 4.79 Å². The summed E-state index contributed by atoms with van der Waals surface area (Å²) in [5.74, 6) is 0.334. The fraction of sp³-hybridized carbons (Fsp3) is 0.900. The Morgan fingerprint density at radius 3 is 1.61 bits per heavy atom. The Labute approximate surface area is 227 Å². The Bertz CT molecular complexity index is 578. The van der Waals surface area contributed by atoms with Crippen LogP contribution in [-0.2, 0) is 18.4 Å². The lowest BCUT2D eigenvalue weighted by Crippen LogP contribution is -2.34. The van der Waals surface area contributed by atoms with Gasteiger partial charge in [0, 0.05) is 0 Å².